The summed E-state index contributed by atoms with van der Waals surface area (Å²) in [6, 6.07) is 0.534. The van der Waals surface area contributed by atoms with Crippen molar-refractivity contribution in [3.63, 3.8) is 0 Å². The number of allylic oxidation sites excluding steroid dienone is 1. The van der Waals surface area contributed by atoms with Crippen molar-refractivity contribution in [1.82, 2.24) is 0 Å². The van der Waals surface area contributed by atoms with Crippen LogP contribution in [0.15, 0.2) is 23.4 Å². The van der Waals surface area contributed by atoms with E-state index < -0.39 is 0 Å². The molecule has 0 aliphatic carbocycles. The molecule has 1 atom stereocenters. The van der Waals surface area contributed by atoms with Gasteiger partial charge in [-0.1, -0.05) is 6.08 Å². The predicted octanol–water partition coefficient (Wildman–Crippen LogP) is 3.82. The van der Waals surface area contributed by atoms with Crippen LogP contribution in [-0.2, 0) is 0 Å². The van der Waals surface area contributed by atoms with Gasteiger partial charge in [0.25, 0.3) is 0 Å². The number of hydrogen-bond acceptors (Lipinski definition) is 2. The lowest BCUT2D eigenvalue weighted by Gasteiger charge is -2.13. The molecule has 1 rings (SSSR count). The third-order valence-electron chi connectivity index (χ3n) is 2.06. The van der Waals surface area contributed by atoms with Gasteiger partial charge in [-0.05, 0) is 37.6 Å². The topological polar surface area (TPSA) is 12.0 Å². The molecule has 0 fully saturated rings. The molecule has 13 heavy (non-hydrogen) atoms. The lowest BCUT2D eigenvalue weighted by molar-refractivity contribution is 0.719. The monoisotopic (exact) mass is 195 g/mol. The summed E-state index contributed by atoms with van der Waals surface area (Å²) in [5.41, 5.74) is 2.62. The van der Waals surface area contributed by atoms with Crippen LogP contribution in [0, 0.1) is 6.92 Å². The van der Waals surface area contributed by atoms with Crippen LogP contribution in [0.2, 0.25) is 0 Å². The normalized spacial score (nSPS) is 12.5. The van der Waals surface area contributed by atoms with Gasteiger partial charge in [-0.3, -0.25) is 0 Å². The second-order valence-electron chi connectivity index (χ2n) is 3.38. The van der Waals surface area contributed by atoms with E-state index in [1.54, 1.807) is 11.3 Å². The van der Waals surface area contributed by atoms with E-state index in [0.29, 0.717) is 6.04 Å². The lowest BCUT2D eigenvalue weighted by atomic mass is 10.1. The molecule has 0 aliphatic rings. The van der Waals surface area contributed by atoms with Gasteiger partial charge >= 0.3 is 0 Å². The molecule has 0 aromatic carbocycles. The van der Waals surface area contributed by atoms with Crippen LogP contribution in [0.1, 0.15) is 25.3 Å². The van der Waals surface area contributed by atoms with Crippen LogP contribution in [0.5, 0.6) is 0 Å². The summed E-state index contributed by atoms with van der Waals surface area (Å²) < 4.78 is 0. The second-order valence-corrected chi connectivity index (χ2v) is 4.12. The highest BCUT2D eigenvalue weighted by atomic mass is 32.1. The van der Waals surface area contributed by atoms with Crippen LogP contribution in [0.25, 0.3) is 0 Å². The number of hydrogen-bond donors (Lipinski definition) is 1. The highest BCUT2D eigenvalue weighted by molar-refractivity contribution is 7.08. The van der Waals surface area contributed by atoms with Gasteiger partial charge < -0.3 is 5.32 Å². The van der Waals surface area contributed by atoms with Crippen molar-refractivity contribution < 1.29 is 0 Å². The van der Waals surface area contributed by atoms with E-state index in [1.807, 2.05) is 6.08 Å². The summed E-state index contributed by atoms with van der Waals surface area (Å²) in [7, 11) is 0. The highest BCUT2D eigenvalue weighted by Gasteiger charge is 2.03. The molecule has 1 aromatic heterocycles. The van der Waals surface area contributed by atoms with Gasteiger partial charge in [0, 0.05) is 17.1 Å². The second kappa shape index (κ2) is 5.07. The van der Waals surface area contributed by atoms with Crippen LogP contribution in [-0.4, -0.2) is 6.04 Å². The Morgan fingerprint density at radius 3 is 2.92 bits per heavy atom. The van der Waals surface area contributed by atoms with Gasteiger partial charge in [0.1, 0.15) is 0 Å². The Labute approximate surface area is 84.5 Å². The zero-order valence-corrected chi connectivity index (χ0v) is 9.16. The number of nitrogens with one attached hydrogen (secondary N) is 1. The maximum Gasteiger partial charge on any atom is 0.0480 e. The van der Waals surface area contributed by atoms with E-state index in [9.17, 15) is 0 Å². The first kappa shape index (κ1) is 10.3. The summed E-state index contributed by atoms with van der Waals surface area (Å²) in [5.74, 6) is 0. The first-order valence-electron chi connectivity index (χ1n) is 4.64. The van der Waals surface area contributed by atoms with E-state index in [4.69, 9.17) is 0 Å². The quantitative estimate of drug-likeness (QED) is 0.704. The summed E-state index contributed by atoms with van der Waals surface area (Å²) in [6.07, 6.45) is 4.20. The molecule has 1 heterocycles. The summed E-state index contributed by atoms with van der Waals surface area (Å²) >= 11 is 1.75. The molecule has 0 saturated heterocycles. The number of thiophene rings is 1. The van der Waals surface area contributed by atoms with Crippen molar-refractivity contribution in [2.75, 3.05) is 5.32 Å². The highest BCUT2D eigenvalue weighted by Crippen LogP contribution is 2.20. The van der Waals surface area contributed by atoms with Crippen molar-refractivity contribution >= 4 is 17.0 Å². The molecule has 0 bridgehead atoms. The van der Waals surface area contributed by atoms with Crippen LogP contribution >= 0.6 is 11.3 Å². The fourth-order valence-electron chi connectivity index (χ4n) is 1.21. The average Bonchev–Trinajstić information content (AvgIpc) is 2.48. The number of anilines is 1. The minimum atomic E-state index is 0.534. The van der Waals surface area contributed by atoms with Crippen molar-refractivity contribution in [1.29, 1.82) is 0 Å². The summed E-state index contributed by atoms with van der Waals surface area (Å²) in [6.45, 7) is 8.07. The molecule has 2 heteroatoms. The lowest BCUT2D eigenvalue weighted by Crippen LogP contribution is -2.14. The molecule has 72 valence electrons. The standard InChI is InChI=1S/C11H17NS/c1-4-5-6-10(3)12-11-8-13-7-9(11)2/h4,7-8,10,12H,1,5-6H2,2-3H3. The molecule has 0 radical (unpaired) electrons. The smallest absolute Gasteiger partial charge is 0.0480 e. The van der Waals surface area contributed by atoms with Gasteiger partial charge in [0.05, 0.1) is 0 Å². The Morgan fingerprint density at radius 1 is 1.62 bits per heavy atom. The number of aryl methyl sites for hydroxylation is 1. The van der Waals surface area contributed by atoms with Crippen molar-refractivity contribution in [2.24, 2.45) is 0 Å². The van der Waals surface area contributed by atoms with Crippen molar-refractivity contribution in [3.8, 4) is 0 Å². The van der Waals surface area contributed by atoms with Crippen LogP contribution in [0.4, 0.5) is 5.69 Å². The first-order chi connectivity index (χ1) is 6.24. The van der Waals surface area contributed by atoms with Crippen molar-refractivity contribution in [2.45, 2.75) is 32.7 Å². The third kappa shape index (κ3) is 3.23. The van der Waals surface area contributed by atoms with E-state index >= 15 is 0 Å². The SMILES string of the molecule is C=CCCC(C)Nc1cscc1C. The summed E-state index contributed by atoms with van der Waals surface area (Å²) in [5, 5.41) is 7.82. The van der Waals surface area contributed by atoms with Crippen LogP contribution in [0.3, 0.4) is 0 Å². The minimum Gasteiger partial charge on any atom is -0.382 e. The molecule has 1 nitrogen and oxygen atoms in total. The molecule has 1 N–H and O–H groups in total. The molecule has 0 spiro atoms. The van der Waals surface area contributed by atoms with Gasteiger partial charge in [0.2, 0.25) is 0 Å². The zero-order valence-electron chi connectivity index (χ0n) is 8.34. The zero-order chi connectivity index (χ0) is 9.68. The fourth-order valence-corrected chi connectivity index (χ4v) is 2.00. The maximum atomic E-state index is 3.72. The Balaban J connectivity index is 2.40. The Hall–Kier alpha value is -0.760. The fraction of sp³-hybridized carbons (Fsp3) is 0.455. The van der Waals surface area contributed by atoms with Gasteiger partial charge in [0.15, 0.2) is 0 Å². The Morgan fingerprint density at radius 2 is 2.38 bits per heavy atom. The van der Waals surface area contributed by atoms with Gasteiger partial charge in [-0.15, -0.1) is 17.9 Å². The molecule has 0 saturated carbocycles. The number of rotatable bonds is 5. The largest absolute Gasteiger partial charge is 0.382 e. The molecule has 1 aromatic rings. The third-order valence-corrected chi connectivity index (χ3v) is 2.92. The molecule has 0 aliphatic heterocycles. The Bertz CT molecular complexity index is 265. The average molecular weight is 195 g/mol. The van der Waals surface area contributed by atoms with Crippen LogP contribution < -0.4 is 5.32 Å². The van der Waals surface area contributed by atoms with E-state index in [-0.39, 0.29) is 0 Å². The van der Waals surface area contributed by atoms with E-state index in [1.165, 1.54) is 11.3 Å². The molecule has 0 amide bonds. The minimum absolute atomic E-state index is 0.534. The first-order valence-corrected chi connectivity index (χ1v) is 5.58. The predicted molar refractivity (Wildman–Crippen MR) is 61.6 cm³/mol. The van der Waals surface area contributed by atoms with E-state index in [0.717, 1.165) is 12.8 Å². The van der Waals surface area contributed by atoms with E-state index in [2.05, 4.69) is 36.5 Å². The van der Waals surface area contributed by atoms with Gasteiger partial charge in [-0.25, -0.2) is 0 Å². The van der Waals surface area contributed by atoms with Gasteiger partial charge in [-0.2, -0.15) is 0 Å². The van der Waals surface area contributed by atoms with Crippen molar-refractivity contribution in [3.05, 3.63) is 29.0 Å². The maximum absolute atomic E-state index is 3.72. The molecular formula is C11H17NS. The molecular weight excluding hydrogens is 178 g/mol. The molecule has 1 unspecified atom stereocenters. The Kier molecular flexibility index (Phi) is 4.03. The summed E-state index contributed by atoms with van der Waals surface area (Å²) in [4.78, 5) is 0.